The first-order valence-electron chi connectivity index (χ1n) is 44.1. The second-order valence-corrected chi connectivity index (χ2v) is 34.7. The van der Waals surface area contributed by atoms with Crippen LogP contribution in [0.4, 0.5) is 0 Å². The molecule has 2 aliphatic heterocycles. The number of hydrogen-bond donors (Lipinski definition) is 3. The number of ether oxygens (including phenoxy) is 16. The van der Waals surface area contributed by atoms with Crippen LogP contribution in [0, 0.1) is 38.9 Å². The SMILES string of the molecule is C.CC1C[C@H](C)O[C@@H]1CO.CCN(CC)P(Cl)N(CC)CC.CCOC(=O)C(CC)(COP(=O)(OC[C@H]1O[C@@H](C)CC1C)OCC(COC(C)=O)(C(=O)OCC)C(=O)OCC)C(=O)OCC.CCOC(=O)C(CO)(COC(C)=O)C(=O)OCC.CCOC(=O)C(CO)(COC(C)=O)C(=O)OCC.CCOC(=O)C(COC(C)=O)(COP(N(CC)CC)N(CC)CC)C(=O)OCC. The highest BCUT2D eigenvalue weighted by Gasteiger charge is 2.57. The number of phosphoric acid groups is 1. The number of halogens is 1. The quantitative estimate of drug-likeness (QED) is 0.0221. The van der Waals surface area contributed by atoms with Crippen molar-refractivity contribution in [1.29, 1.82) is 0 Å². The normalized spacial score (nSPS) is 16.3. The van der Waals surface area contributed by atoms with Crippen molar-refractivity contribution in [3.63, 3.8) is 0 Å². The minimum Gasteiger partial charge on any atom is -0.465 e. The van der Waals surface area contributed by atoms with E-state index in [1.54, 1.807) is 55.4 Å². The van der Waals surface area contributed by atoms with Crippen LogP contribution in [0.2, 0.25) is 0 Å². The summed E-state index contributed by atoms with van der Waals surface area (Å²) in [5, 5.41) is 27.3. The van der Waals surface area contributed by atoms with Crippen molar-refractivity contribution in [3.05, 3.63) is 0 Å². The number of nitrogens with zero attached hydrogens (tertiary/aromatic N) is 4. The summed E-state index contributed by atoms with van der Waals surface area (Å²) in [6, 6.07) is 0. The molecule has 2 saturated heterocycles. The summed E-state index contributed by atoms with van der Waals surface area (Å²) in [5.41, 5.74) is -10.4. The number of aliphatic hydroxyl groups is 3. The average Bonchev–Trinajstić information content (AvgIpc) is 0.810. The third-order valence-electron chi connectivity index (χ3n) is 19.2. The summed E-state index contributed by atoms with van der Waals surface area (Å²) in [6.45, 7) is 46.4. The van der Waals surface area contributed by atoms with Gasteiger partial charge >= 0.3 is 91.4 Å². The molecule has 0 spiro atoms. The second-order valence-electron chi connectivity index (χ2n) is 28.6. The Morgan fingerprint density at radius 2 is 0.565 bits per heavy atom. The Hall–Kier alpha value is -6.56. The first kappa shape index (κ1) is 133. The molecular formula is C85H158ClN4O38P3. The van der Waals surface area contributed by atoms with Crippen LogP contribution in [-0.4, -0.2) is 333 Å². The van der Waals surface area contributed by atoms with E-state index in [9.17, 15) is 81.9 Å². The number of esters is 14. The molecule has 42 nitrogen and oxygen atoms in total. The smallest absolute Gasteiger partial charge is 0.465 e. The van der Waals surface area contributed by atoms with Gasteiger partial charge in [0.1, 0.15) is 34.0 Å². The fourth-order valence-electron chi connectivity index (χ4n) is 11.6. The van der Waals surface area contributed by atoms with Crippen LogP contribution in [-0.2, 0) is 166 Å². The molecule has 2 aliphatic rings. The van der Waals surface area contributed by atoms with Crippen molar-refractivity contribution in [3.8, 4) is 0 Å². The molecule has 0 aliphatic carbocycles. The van der Waals surface area contributed by atoms with Crippen molar-refractivity contribution in [2.75, 3.05) is 191 Å². The number of aliphatic hydroxyl groups excluding tert-OH is 3. The summed E-state index contributed by atoms with van der Waals surface area (Å²) in [4.78, 5) is 169. The maximum atomic E-state index is 14.2. The van der Waals surface area contributed by atoms with Gasteiger partial charge in [0.2, 0.25) is 21.7 Å². The Morgan fingerprint density at radius 1 is 0.336 bits per heavy atom. The molecule has 131 heavy (non-hydrogen) atoms. The lowest BCUT2D eigenvalue weighted by molar-refractivity contribution is -0.184. The van der Waals surface area contributed by atoms with Gasteiger partial charge in [0.25, 0.3) is 0 Å². The van der Waals surface area contributed by atoms with Gasteiger partial charge in [-0.25, -0.2) is 13.9 Å². The molecule has 3 N–H and O–H groups in total. The number of carbonyl (C=O) groups is 14. The van der Waals surface area contributed by atoms with Crippen molar-refractivity contribution in [1.82, 2.24) is 18.7 Å². The predicted octanol–water partition coefficient (Wildman–Crippen LogP) is 9.62. The minimum atomic E-state index is -4.86. The molecule has 3 unspecified atom stereocenters. The van der Waals surface area contributed by atoms with E-state index < -0.39 is 193 Å². The third-order valence-corrected chi connectivity index (χ3v) is 26.4. The molecule has 2 rings (SSSR count). The average molecular weight is 1970 g/mol. The predicted molar refractivity (Wildman–Crippen MR) is 482 cm³/mol. The fraction of sp³-hybridized carbons (Fsp3) is 0.835. The highest BCUT2D eigenvalue weighted by molar-refractivity contribution is 7.80. The summed E-state index contributed by atoms with van der Waals surface area (Å²) < 4.78 is 126. The topological polar surface area (TPSA) is 514 Å². The molecule has 46 heteroatoms. The fourth-order valence-corrected chi connectivity index (χ4v) is 17.5. The number of hydrogen-bond acceptors (Lipinski definition) is 42. The van der Waals surface area contributed by atoms with Gasteiger partial charge in [0, 0.05) is 80.1 Å². The van der Waals surface area contributed by atoms with Crippen molar-refractivity contribution in [2.24, 2.45) is 38.9 Å². The zero-order valence-corrected chi connectivity index (χ0v) is 85.2. The van der Waals surface area contributed by atoms with Gasteiger partial charge in [-0.05, 0) is 114 Å². The lowest BCUT2D eigenvalue weighted by Gasteiger charge is -2.38. The van der Waals surface area contributed by atoms with Crippen LogP contribution >= 0.6 is 35.1 Å². The highest BCUT2D eigenvalue weighted by Crippen LogP contribution is 2.54. The molecule has 0 radical (unpaired) electrons. The first-order valence-corrected chi connectivity index (χ1v) is 48.9. The Morgan fingerprint density at radius 3 is 0.771 bits per heavy atom. The lowest BCUT2D eigenvalue weighted by atomic mass is 9.86. The monoisotopic (exact) mass is 1970 g/mol. The Balaban J connectivity index is -0.000000524. The standard InChI is InChI=1S/C28H47O15P.C19H37N2O7P.2C11H18O7.C8H20ClN2P.C7H14O2.CH4/c1-9-27(23(30)35-10-2,24(31)36-11-3)17-41-44(34,40-15-22-19(6)14-20(7)43-22)42-18-28(16-39-21(8)29,25(32)37-12-4)26(33)38-13-5;1-8-20(9-2)29(21(10-3)11-4)28-15-19(14-27-16(7)22,17(23)25-12-5)18(24)26-13-6;2*1-4-16-9(14)11(6-12,7-18-8(3)13)10(15)17-5-2;1-5-10(6-2)12(9)11(7-3)8-4;1-5-3-6(2)9-7(5)4-8;/h19-20,22H,9-18H2,1-8H3;8-15H2,1-7H3;2*12H,4-7H2,1-3H3;5-8H2,1-4H3;5-8H,3-4H2,1-2H3;1H4/t19?,20-,22+,44?;;;;;5?,6-,7+;/m0....0./s1. The van der Waals surface area contributed by atoms with E-state index in [2.05, 4.69) is 62.8 Å². The number of rotatable bonds is 56. The van der Waals surface area contributed by atoms with Crippen LogP contribution in [0.5, 0.6) is 0 Å². The molecule has 7 atom stereocenters. The van der Waals surface area contributed by atoms with Gasteiger partial charge in [0.05, 0.1) is 137 Å². The largest absolute Gasteiger partial charge is 0.474 e. The Kier molecular flexibility index (Phi) is 73.9. The third kappa shape index (κ3) is 45.3. The van der Waals surface area contributed by atoms with E-state index >= 15 is 0 Å². The van der Waals surface area contributed by atoms with E-state index in [1.807, 2.05) is 48.5 Å². The Bertz CT molecular complexity index is 3180. The lowest BCUT2D eigenvalue weighted by Crippen LogP contribution is -2.50. The number of carbonyl (C=O) groups excluding carboxylic acids is 14. The van der Waals surface area contributed by atoms with Gasteiger partial charge in [-0.3, -0.25) is 90.0 Å². The van der Waals surface area contributed by atoms with E-state index in [0.29, 0.717) is 18.4 Å². The van der Waals surface area contributed by atoms with Gasteiger partial charge < -0.3 is 95.6 Å². The van der Waals surface area contributed by atoms with E-state index in [4.69, 9.17) is 101 Å². The van der Waals surface area contributed by atoms with Crippen LogP contribution in [0.15, 0.2) is 0 Å². The minimum absolute atomic E-state index is 0. The summed E-state index contributed by atoms with van der Waals surface area (Å²) in [5.74, 6) is -12.2. The maximum Gasteiger partial charge on any atom is 0.474 e. The van der Waals surface area contributed by atoms with E-state index in [-0.39, 0.29) is 118 Å². The van der Waals surface area contributed by atoms with Gasteiger partial charge in [0.15, 0.2) is 13.9 Å². The van der Waals surface area contributed by atoms with Gasteiger partial charge in [-0.15, -0.1) is 0 Å². The first-order chi connectivity index (χ1) is 61.3. The van der Waals surface area contributed by atoms with Gasteiger partial charge in [-0.2, -0.15) is 0 Å². The molecule has 768 valence electrons. The molecule has 0 bridgehead atoms. The summed E-state index contributed by atoms with van der Waals surface area (Å²) in [6.07, 6.45) is 1.42. The van der Waals surface area contributed by atoms with E-state index in [1.165, 1.54) is 27.7 Å². The molecule has 0 saturated carbocycles. The number of phosphoric ester groups is 1. The molecule has 0 aromatic heterocycles. The Labute approximate surface area is 782 Å². The second kappa shape index (κ2) is 72.8. The zero-order chi connectivity index (χ0) is 101. The van der Waals surface area contributed by atoms with Crippen molar-refractivity contribution < 1.29 is 181 Å². The molecule has 0 aromatic rings. The van der Waals surface area contributed by atoms with Crippen LogP contribution in [0.1, 0.15) is 214 Å². The highest BCUT2D eigenvalue weighted by atomic mass is 35.7. The van der Waals surface area contributed by atoms with Crippen LogP contribution in [0.25, 0.3) is 0 Å². The van der Waals surface area contributed by atoms with Crippen molar-refractivity contribution >= 4 is 119 Å². The summed E-state index contributed by atoms with van der Waals surface area (Å²) >= 11 is 6.33. The molecule has 2 heterocycles. The molecular weight excluding hydrogens is 1810 g/mol. The van der Waals surface area contributed by atoms with Crippen LogP contribution in [0.3, 0.4) is 0 Å². The molecule has 2 fully saturated rings. The molecule has 0 aromatic carbocycles. The van der Waals surface area contributed by atoms with Gasteiger partial charge in [-0.1, -0.05) is 94.8 Å². The molecule has 0 amide bonds. The van der Waals surface area contributed by atoms with E-state index in [0.717, 1.165) is 79.6 Å². The maximum absolute atomic E-state index is 14.2. The zero-order valence-electron chi connectivity index (χ0n) is 81.7. The summed E-state index contributed by atoms with van der Waals surface area (Å²) in [7, 11) is -6.66. The van der Waals surface area contributed by atoms with Crippen LogP contribution < -0.4 is 0 Å². The van der Waals surface area contributed by atoms with Crippen molar-refractivity contribution in [2.45, 2.75) is 238 Å².